The Kier molecular flexibility index (Phi) is 10.0. The first kappa shape index (κ1) is 21.6. The highest BCUT2D eigenvalue weighted by Gasteiger charge is 2.24. The molecule has 7 nitrogen and oxygen atoms in total. The summed E-state index contributed by atoms with van der Waals surface area (Å²) in [5.41, 5.74) is 1.05. The predicted octanol–water partition coefficient (Wildman–Crippen LogP) is 0.354. The monoisotopic (exact) mass is 362 g/mol. The lowest BCUT2D eigenvalue weighted by Gasteiger charge is -2.22. The van der Waals surface area contributed by atoms with E-state index in [2.05, 4.69) is 21.3 Å². The number of benzene rings is 1. The van der Waals surface area contributed by atoms with Crippen LogP contribution in [0.1, 0.15) is 31.7 Å². The van der Waals surface area contributed by atoms with Gasteiger partial charge in [0.1, 0.15) is 6.04 Å². The predicted molar refractivity (Wildman–Crippen MR) is 102 cm³/mol. The van der Waals surface area contributed by atoms with Crippen LogP contribution in [0.5, 0.6) is 0 Å². The Hall–Kier alpha value is -2.41. The quantitative estimate of drug-likeness (QED) is 0.427. The van der Waals surface area contributed by atoms with Gasteiger partial charge in [0.2, 0.25) is 17.7 Å². The Morgan fingerprint density at radius 3 is 2.23 bits per heavy atom. The molecule has 0 unspecified atom stereocenters. The van der Waals surface area contributed by atoms with Crippen molar-refractivity contribution in [2.24, 2.45) is 0 Å². The molecule has 2 atom stereocenters. The van der Waals surface area contributed by atoms with Gasteiger partial charge in [-0.3, -0.25) is 14.4 Å². The van der Waals surface area contributed by atoms with Crippen molar-refractivity contribution in [3.05, 3.63) is 35.9 Å². The van der Waals surface area contributed by atoms with Crippen molar-refractivity contribution in [2.75, 3.05) is 20.6 Å². The molecule has 1 aromatic carbocycles. The average molecular weight is 362 g/mol. The largest absolute Gasteiger partial charge is 0.357 e. The molecule has 0 bridgehead atoms. The summed E-state index contributed by atoms with van der Waals surface area (Å²) >= 11 is 0. The first-order valence-electron chi connectivity index (χ1n) is 8.95. The molecular weight excluding hydrogens is 332 g/mol. The Labute approximate surface area is 155 Å². The Bertz CT molecular complexity index is 577. The normalized spacial score (nSPS) is 12.7. The van der Waals surface area contributed by atoms with Crippen molar-refractivity contribution in [1.29, 1.82) is 0 Å². The lowest BCUT2D eigenvalue weighted by Crippen LogP contribution is -2.52. The van der Waals surface area contributed by atoms with Crippen molar-refractivity contribution in [3.8, 4) is 0 Å². The van der Waals surface area contributed by atoms with E-state index in [1.54, 1.807) is 14.1 Å². The summed E-state index contributed by atoms with van der Waals surface area (Å²) in [5.74, 6) is -0.488. The molecule has 0 spiro atoms. The highest BCUT2D eigenvalue weighted by Crippen LogP contribution is 2.06. The van der Waals surface area contributed by atoms with Gasteiger partial charge in [-0.15, -0.1) is 0 Å². The zero-order chi connectivity index (χ0) is 19.4. The molecule has 0 saturated heterocycles. The minimum Gasteiger partial charge on any atom is -0.357 e. The first-order chi connectivity index (χ1) is 12.5. The number of nitrogens with one attached hydrogen (secondary N) is 4. The van der Waals surface area contributed by atoms with Crippen LogP contribution in [0, 0.1) is 0 Å². The van der Waals surface area contributed by atoms with Gasteiger partial charge in [0, 0.05) is 20.5 Å². The Balaban J connectivity index is 2.56. The van der Waals surface area contributed by atoms with Crippen LogP contribution in [0.25, 0.3) is 0 Å². The van der Waals surface area contributed by atoms with E-state index in [-0.39, 0.29) is 17.7 Å². The number of unbranched alkanes of at least 4 members (excludes halogenated alkanes) is 1. The Morgan fingerprint density at radius 2 is 1.65 bits per heavy atom. The summed E-state index contributed by atoms with van der Waals surface area (Å²) in [7, 11) is 3.29. The van der Waals surface area contributed by atoms with Crippen LogP contribution in [0.2, 0.25) is 0 Å². The van der Waals surface area contributed by atoms with E-state index in [0.29, 0.717) is 19.4 Å². The number of carbonyl (C=O) groups excluding carboxylic acids is 3. The molecule has 0 fully saturated rings. The molecule has 0 saturated carbocycles. The zero-order valence-electron chi connectivity index (χ0n) is 15.8. The molecule has 0 aliphatic carbocycles. The molecule has 4 N–H and O–H groups in total. The van der Waals surface area contributed by atoms with Crippen LogP contribution in [-0.2, 0) is 20.8 Å². The number of rotatable bonds is 11. The van der Waals surface area contributed by atoms with Crippen LogP contribution in [0.4, 0.5) is 0 Å². The van der Waals surface area contributed by atoms with Crippen molar-refractivity contribution in [1.82, 2.24) is 21.3 Å². The summed E-state index contributed by atoms with van der Waals surface area (Å²) in [4.78, 5) is 35.5. The van der Waals surface area contributed by atoms with Crippen molar-refractivity contribution in [2.45, 2.75) is 44.7 Å². The van der Waals surface area contributed by atoms with Gasteiger partial charge < -0.3 is 21.3 Å². The maximum absolute atomic E-state index is 12.6. The van der Waals surface area contributed by atoms with Crippen LogP contribution < -0.4 is 21.3 Å². The van der Waals surface area contributed by atoms with Gasteiger partial charge >= 0.3 is 0 Å². The van der Waals surface area contributed by atoms with Crippen LogP contribution >= 0.6 is 0 Å². The highest BCUT2D eigenvalue weighted by atomic mass is 16.2. The third-order valence-corrected chi connectivity index (χ3v) is 4.12. The second kappa shape index (κ2) is 12.0. The summed E-state index contributed by atoms with van der Waals surface area (Å²) in [6, 6.07) is 8.73. The van der Waals surface area contributed by atoms with E-state index in [1.807, 2.05) is 30.3 Å². The molecule has 0 radical (unpaired) electrons. The van der Waals surface area contributed by atoms with E-state index < -0.39 is 12.1 Å². The van der Waals surface area contributed by atoms with E-state index in [4.69, 9.17) is 0 Å². The SMILES string of the molecule is CNC(=O)[C@H](CCCCNC(C)=O)NC(=O)[C@@H](Cc1ccccc1)NC. The van der Waals surface area contributed by atoms with Gasteiger partial charge in [-0.1, -0.05) is 30.3 Å². The standard InChI is InChI=1S/C19H30N4O3/c1-14(24)22-12-8-7-11-16(18(25)21-3)23-19(26)17(20-2)13-15-9-5-4-6-10-15/h4-6,9-10,16-17,20H,7-8,11-13H2,1-3H3,(H,21,25)(H,22,24)(H,23,26)/t16-,17+/m0/s1. The second-order valence-corrected chi connectivity index (χ2v) is 6.19. The zero-order valence-corrected chi connectivity index (χ0v) is 15.8. The van der Waals surface area contributed by atoms with Gasteiger partial charge in [0.15, 0.2) is 0 Å². The van der Waals surface area contributed by atoms with Crippen molar-refractivity contribution in [3.63, 3.8) is 0 Å². The third-order valence-electron chi connectivity index (χ3n) is 4.12. The fraction of sp³-hybridized carbons (Fsp3) is 0.526. The second-order valence-electron chi connectivity index (χ2n) is 6.19. The molecular formula is C19H30N4O3. The molecule has 0 heterocycles. The molecule has 1 rings (SSSR count). The van der Waals surface area contributed by atoms with Gasteiger partial charge in [-0.25, -0.2) is 0 Å². The smallest absolute Gasteiger partial charge is 0.242 e. The molecule has 3 amide bonds. The van der Waals surface area contributed by atoms with Gasteiger partial charge in [0.25, 0.3) is 0 Å². The molecule has 144 valence electrons. The van der Waals surface area contributed by atoms with Gasteiger partial charge in [-0.05, 0) is 38.3 Å². The maximum Gasteiger partial charge on any atom is 0.242 e. The van der Waals surface area contributed by atoms with Crippen molar-refractivity contribution >= 4 is 17.7 Å². The Morgan fingerprint density at radius 1 is 0.962 bits per heavy atom. The number of hydrogen-bond acceptors (Lipinski definition) is 4. The molecule has 26 heavy (non-hydrogen) atoms. The third kappa shape index (κ3) is 8.11. The van der Waals surface area contributed by atoms with Crippen molar-refractivity contribution < 1.29 is 14.4 Å². The van der Waals surface area contributed by atoms with E-state index in [9.17, 15) is 14.4 Å². The summed E-state index contributed by atoms with van der Waals surface area (Å²) in [6.07, 6.45) is 2.54. The lowest BCUT2D eigenvalue weighted by molar-refractivity contribution is -0.129. The highest BCUT2D eigenvalue weighted by molar-refractivity contribution is 5.89. The molecule has 1 aromatic rings. The van der Waals surface area contributed by atoms with Crippen LogP contribution in [-0.4, -0.2) is 50.4 Å². The average Bonchev–Trinajstić information content (AvgIpc) is 2.64. The lowest BCUT2D eigenvalue weighted by atomic mass is 10.0. The minimum atomic E-state index is -0.587. The minimum absolute atomic E-state index is 0.0704. The molecule has 0 aromatic heterocycles. The van der Waals surface area contributed by atoms with E-state index in [0.717, 1.165) is 18.4 Å². The number of carbonyl (C=O) groups is 3. The fourth-order valence-electron chi connectivity index (χ4n) is 2.63. The van der Waals surface area contributed by atoms with E-state index in [1.165, 1.54) is 6.92 Å². The first-order valence-corrected chi connectivity index (χ1v) is 8.95. The number of likely N-dealkylation sites (N-methyl/N-ethyl adjacent to an activating group) is 2. The number of hydrogen-bond donors (Lipinski definition) is 4. The topological polar surface area (TPSA) is 99.3 Å². The summed E-state index contributed by atoms with van der Waals surface area (Å²) in [6.45, 7) is 2.04. The van der Waals surface area contributed by atoms with E-state index >= 15 is 0 Å². The molecule has 0 aliphatic heterocycles. The summed E-state index contributed by atoms with van der Waals surface area (Å²) in [5, 5.41) is 11.2. The summed E-state index contributed by atoms with van der Waals surface area (Å²) < 4.78 is 0. The van der Waals surface area contributed by atoms with Crippen LogP contribution in [0.3, 0.4) is 0 Å². The molecule has 7 heteroatoms. The fourth-order valence-corrected chi connectivity index (χ4v) is 2.63. The van der Waals surface area contributed by atoms with Gasteiger partial charge in [-0.2, -0.15) is 0 Å². The maximum atomic E-state index is 12.6. The number of amides is 3. The molecule has 0 aliphatic rings. The van der Waals surface area contributed by atoms with Crippen LogP contribution in [0.15, 0.2) is 30.3 Å². The van der Waals surface area contributed by atoms with Gasteiger partial charge in [0.05, 0.1) is 6.04 Å².